The number of carbonyl (C=O) groups is 1. The molecule has 2 rings (SSSR count). The number of carboxylic acid groups (broad SMARTS) is 1. The zero-order chi connectivity index (χ0) is 10.3. The van der Waals surface area contributed by atoms with Gasteiger partial charge in [0.1, 0.15) is 4.88 Å². The number of aromatic carboxylic acids is 1. The van der Waals surface area contributed by atoms with Crippen molar-refractivity contribution in [2.24, 2.45) is 7.05 Å². The lowest BCUT2D eigenvalue weighted by Gasteiger charge is -1.96. The summed E-state index contributed by atoms with van der Waals surface area (Å²) in [7, 11) is 1.78. The third-order valence-corrected chi connectivity index (χ3v) is 3.10. The van der Waals surface area contributed by atoms with Crippen LogP contribution in [0.3, 0.4) is 0 Å². The quantitative estimate of drug-likeness (QED) is 0.770. The minimum atomic E-state index is -0.995. The van der Waals surface area contributed by atoms with Gasteiger partial charge in [-0.1, -0.05) is 0 Å². The number of hydrogen-bond donors (Lipinski definition) is 1. The second-order valence-corrected chi connectivity index (χ2v) is 3.97. The highest BCUT2D eigenvalue weighted by molar-refractivity contribution is 7.20. The van der Waals surface area contributed by atoms with Gasteiger partial charge in [0.15, 0.2) is 5.43 Å². The third-order valence-electron chi connectivity index (χ3n) is 1.98. The van der Waals surface area contributed by atoms with Gasteiger partial charge in [0, 0.05) is 19.3 Å². The van der Waals surface area contributed by atoms with Crippen LogP contribution in [0.15, 0.2) is 23.1 Å². The second kappa shape index (κ2) is 2.95. The van der Waals surface area contributed by atoms with Crippen molar-refractivity contribution in [3.05, 3.63) is 33.4 Å². The van der Waals surface area contributed by atoms with Gasteiger partial charge in [-0.2, -0.15) is 0 Å². The number of rotatable bonds is 1. The van der Waals surface area contributed by atoms with Gasteiger partial charge in [-0.25, -0.2) is 4.79 Å². The first kappa shape index (κ1) is 8.96. The van der Waals surface area contributed by atoms with Crippen molar-refractivity contribution in [3.8, 4) is 0 Å². The predicted octanol–water partition coefficient (Wildman–Crippen LogP) is 1.30. The lowest BCUT2D eigenvalue weighted by Crippen LogP contribution is -2.01. The normalized spacial score (nSPS) is 10.6. The first-order valence-electron chi connectivity index (χ1n) is 3.92. The summed E-state index contributed by atoms with van der Waals surface area (Å²) in [6, 6.07) is 2.95. The maximum Gasteiger partial charge on any atom is 0.345 e. The molecule has 2 aromatic heterocycles. The van der Waals surface area contributed by atoms with Crippen molar-refractivity contribution in [3.63, 3.8) is 0 Å². The number of fused-ring (bicyclic) bond motifs is 1. The van der Waals surface area contributed by atoms with Gasteiger partial charge in [-0.15, -0.1) is 11.3 Å². The Hall–Kier alpha value is -1.62. The zero-order valence-electron chi connectivity index (χ0n) is 7.35. The lowest BCUT2D eigenvalue weighted by molar-refractivity contribution is 0.0702. The maximum absolute atomic E-state index is 11.4. The van der Waals surface area contributed by atoms with E-state index in [4.69, 9.17) is 5.11 Å². The van der Waals surface area contributed by atoms with E-state index >= 15 is 0 Å². The van der Waals surface area contributed by atoms with Crippen LogP contribution in [-0.4, -0.2) is 15.6 Å². The van der Waals surface area contributed by atoms with Crippen LogP contribution in [0.1, 0.15) is 9.67 Å². The Balaban J connectivity index is 2.89. The minimum absolute atomic E-state index is 0.129. The fourth-order valence-corrected chi connectivity index (χ4v) is 2.21. The van der Waals surface area contributed by atoms with E-state index in [1.165, 1.54) is 12.1 Å². The Kier molecular flexibility index (Phi) is 1.89. The first-order valence-corrected chi connectivity index (χ1v) is 4.73. The summed E-state index contributed by atoms with van der Waals surface area (Å²) in [5, 5.41) is 8.77. The summed E-state index contributed by atoms with van der Waals surface area (Å²) in [4.78, 5) is 22.3. The van der Waals surface area contributed by atoms with Gasteiger partial charge in [0.05, 0.1) is 10.2 Å². The SMILES string of the molecule is Cn1ccc(=O)c2sc(C(=O)O)cc21. The number of aryl methyl sites for hydroxylation is 1. The standard InChI is InChI=1S/C9H7NO3S/c1-10-3-2-6(11)8-5(10)4-7(14-8)9(12)13/h2-4H,1H3,(H,12,13). The Morgan fingerprint density at radius 2 is 2.29 bits per heavy atom. The van der Waals surface area contributed by atoms with Crippen LogP contribution in [0.5, 0.6) is 0 Å². The highest BCUT2D eigenvalue weighted by Gasteiger charge is 2.11. The predicted molar refractivity (Wildman–Crippen MR) is 54.0 cm³/mol. The molecule has 0 aromatic carbocycles. The van der Waals surface area contributed by atoms with Gasteiger partial charge < -0.3 is 9.67 Å². The Morgan fingerprint density at radius 1 is 1.57 bits per heavy atom. The van der Waals surface area contributed by atoms with E-state index in [1.807, 2.05) is 0 Å². The monoisotopic (exact) mass is 209 g/mol. The van der Waals surface area contributed by atoms with Crippen LogP contribution in [0, 0.1) is 0 Å². The highest BCUT2D eigenvalue weighted by Crippen LogP contribution is 2.21. The number of hydrogen-bond acceptors (Lipinski definition) is 3. The summed E-state index contributed by atoms with van der Waals surface area (Å²) in [5.74, 6) is -0.995. The Morgan fingerprint density at radius 3 is 2.86 bits per heavy atom. The first-order chi connectivity index (χ1) is 6.59. The molecule has 0 bridgehead atoms. The number of aromatic nitrogens is 1. The molecule has 0 unspecified atom stereocenters. The largest absolute Gasteiger partial charge is 0.477 e. The summed E-state index contributed by atoms with van der Waals surface area (Å²) in [6.45, 7) is 0. The van der Waals surface area contributed by atoms with Crippen molar-refractivity contribution >= 4 is 27.5 Å². The van der Waals surface area contributed by atoms with Crippen molar-refractivity contribution in [1.29, 1.82) is 0 Å². The molecule has 0 aliphatic rings. The molecular weight excluding hydrogens is 202 g/mol. The molecule has 0 atom stereocenters. The smallest absolute Gasteiger partial charge is 0.345 e. The average Bonchev–Trinajstić information content (AvgIpc) is 2.57. The van der Waals surface area contributed by atoms with E-state index in [-0.39, 0.29) is 10.3 Å². The van der Waals surface area contributed by atoms with E-state index in [0.717, 1.165) is 11.3 Å². The van der Waals surface area contributed by atoms with Crippen molar-refractivity contribution in [2.45, 2.75) is 0 Å². The number of carboxylic acids is 1. The lowest BCUT2D eigenvalue weighted by atomic mass is 10.3. The van der Waals surface area contributed by atoms with E-state index in [9.17, 15) is 9.59 Å². The van der Waals surface area contributed by atoms with Crippen LogP contribution in [0.25, 0.3) is 10.2 Å². The molecule has 1 N–H and O–H groups in total. The summed E-state index contributed by atoms with van der Waals surface area (Å²) >= 11 is 1.01. The molecule has 0 radical (unpaired) electrons. The molecule has 72 valence electrons. The molecule has 2 aromatic rings. The molecule has 14 heavy (non-hydrogen) atoms. The van der Waals surface area contributed by atoms with Gasteiger partial charge >= 0.3 is 5.97 Å². The molecule has 0 saturated heterocycles. The molecule has 5 heteroatoms. The fourth-order valence-electron chi connectivity index (χ4n) is 1.26. The van der Waals surface area contributed by atoms with Crippen LogP contribution in [-0.2, 0) is 7.05 Å². The summed E-state index contributed by atoms with van der Waals surface area (Å²) in [6.07, 6.45) is 1.63. The molecule has 0 amide bonds. The second-order valence-electron chi connectivity index (χ2n) is 2.92. The van der Waals surface area contributed by atoms with Crippen molar-refractivity contribution < 1.29 is 9.90 Å². The molecule has 0 aliphatic carbocycles. The van der Waals surface area contributed by atoms with Crippen molar-refractivity contribution in [2.75, 3.05) is 0 Å². The van der Waals surface area contributed by atoms with Gasteiger partial charge in [-0.05, 0) is 6.07 Å². The third kappa shape index (κ3) is 1.22. The molecular formula is C9H7NO3S. The van der Waals surface area contributed by atoms with Gasteiger partial charge in [0.2, 0.25) is 0 Å². The molecule has 4 nitrogen and oxygen atoms in total. The number of thiophene rings is 1. The van der Waals surface area contributed by atoms with E-state index in [1.54, 1.807) is 17.8 Å². The molecule has 0 aliphatic heterocycles. The van der Waals surface area contributed by atoms with Crippen LogP contribution < -0.4 is 5.43 Å². The number of nitrogens with zero attached hydrogens (tertiary/aromatic N) is 1. The maximum atomic E-state index is 11.4. The van der Waals surface area contributed by atoms with Gasteiger partial charge in [-0.3, -0.25) is 4.79 Å². The zero-order valence-corrected chi connectivity index (χ0v) is 8.17. The average molecular weight is 209 g/mol. The Bertz CT molecular complexity index is 567. The topological polar surface area (TPSA) is 59.3 Å². The summed E-state index contributed by atoms with van der Waals surface area (Å²) < 4.78 is 2.23. The molecule has 2 heterocycles. The van der Waals surface area contributed by atoms with E-state index < -0.39 is 5.97 Å². The molecule has 0 spiro atoms. The molecule has 0 fully saturated rings. The van der Waals surface area contributed by atoms with E-state index in [0.29, 0.717) is 10.2 Å². The minimum Gasteiger partial charge on any atom is -0.477 e. The van der Waals surface area contributed by atoms with Gasteiger partial charge in [0.25, 0.3) is 0 Å². The van der Waals surface area contributed by atoms with Crippen LogP contribution in [0.4, 0.5) is 0 Å². The van der Waals surface area contributed by atoms with E-state index in [2.05, 4.69) is 0 Å². The highest BCUT2D eigenvalue weighted by atomic mass is 32.1. The van der Waals surface area contributed by atoms with Crippen LogP contribution in [0.2, 0.25) is 0 Å². The van der Waals surface area contributed by atoms with Crippen LogP contribution >= 0.6 is 11.3 Å². The Labute approximate surface area is 83.0 Å². The number of pyridine rings is 1. The fraction of sp³-hybridized carbons (Fsp3) is 0.111. The van der Waals surface area contributed by atoms with Crippen molar-refractivity contribution in [1.82, 2.24) is 4.57 Å². The molecule has 0 saturated carbocycles. The summed E-state index contributed by atoms with van der Waals surface area (Å²) in [5.41, 5.74) is 0.538.